The van der Waals surface area contributed by atoms with Gasteiger partial charge in [-0.3, -0.25) is 4.79 Å². The molecule has 2 rings (SSSR count). The van der Waals surface area contributed by atoms with Crippen molar-refractivity contribution in [3.05, 3.63) is 65.7 Å². The third kappa shape index (κ3) is 5.34. The highest BCUT2D eigenvalue weighted by Gasteiger charge is 2.05. The average Bonchev–Trinajstić information content (AvgIpc) is 2.55. The fourth-order valence-corrected chi connectivity index (χ4v) is 1.96. The molecule has 0 aliphatic heterocycles. The molecule has 0 radical (unpaired) electrons. The molecule has 2 aromatic rings. The number of halogens is 1. The first kappa shape index (κ1) is 16.9. The van der Waals surface area contributed by atoms with Crippen molar-refractivity contribution in [2.75, 3.05) is 18.5 Å². The Bertz CT molecular complexity index is 683. The topological polar surface area (TPSA) is 47.6 Å². The lowest BCUT2D eigenvalue weighted by molar-refractivity contribution is -0.118. The third-order valence-corrected chi connectivity index (χ3v) is 3.43. The van der Waals surface area contributed by atoms with Gasteiger partial charge in [-0.2, -0.15) is 0 Å². The highest BCUT2D eigenvalue weighted by Crippen LogP contribution is 2.21. The molecule has 4 nitrogen and oxygen atoms in total. The van der Waals surface area contributed by atoms with E-state index in [1.165, 1.54) is 0 Å². The van der Waals surface area contributed by atoms with Crippen LogP contribution >= 0.6 is 11.6 Å². The van der Waals surface area contributed by atoms with Crippen LogP contribution in [0, 0.1) is 6.92 Å². The van der Waals surface area contributed by atoms with Gasteiger partial charge < -0.3 is 14.8 Å². The van der Waals surface area contributed by atoms with Gasteiger partial charge in [-0.05, 0) is 55.0 Å². The molecular weight excluding hydrogens is 314 g/mol. The molecule has 0 atom stereocenters. The maximum absolute atomic E-state index is 11.9. The van der Waals surface area contributed by atoms with E-state index in [0.29, 0.717) is 23.1 Å². The molecule has 0 unspecified atom stereocenters. The van der Waals surface area contributed by atoms with E-state index in [9.17, 15) is 4.79 Å². The predicted octanol–water partition coefficient (Wildman–Crippen LogP) is 4.23. The Morgan fingerprint density at radius 3 is 2.52 bits per heavy atom. The second-order valence-electron chi connectivity index (χ2n) is 4.87. The van der Waals surface area contributed by atoms with Gasteiger partial charge in [0.1, 0.15) is 18.1 Å². The fourth-order valence-electron chi connectivity index (χ4n) is 1.84. The number of hydrogen-bond donors (Lipinski definition) is 1. The Balaban J connectivity index is 1.84. The summed E-state index contributed by atoms with van der Waals surface area (Å²) >= 11 is 5.94. The van der Waals surface area contributed by atoms with Crippen LogP contribution in [-0.2, 0) is 4.79 Å². The standard InChI is InChI=1S/C18H18ClNO3/c1-3-10-22-15-6-4-14(5-7-15)20-18(21)12-23-16-8-9-17(19)13(2)11-16/h3-9,11H,1,10,12H2,2H3,(H,20,21). The second kappa shape index (κ2) is 8.25. The van der Waals surface area contributed by atoms with Gasteiger partial charge in [0.2, 0.25) is 0 Å². The number of carbonyl (C=O) groups excluding carboxylic acids is 1. The monoisotopic (exact) mass is 331 g/mol. The Morgan fingerprint density at radius 1 is 1.17 bits per heavy atom. The summed E-state index contributed by atoms with van der Waals surface area (Å²) in [5, 5.41) is 3.42. The zero-order chi connectivity index (χ0) is 16.7. The molecule has 0 heterocycles. The molecule has 0 spiro atoms. The highest BCUT2D eigenvalue weighted by molar-refractivity contribution is 6.31. The Hall–Kier alpha value is -2.46. The Kier molecular flexibility index (Phi) is 6.06. The molecule has 0 aliphatic rings. The van der Waals surface area contributed by atoms with Crippen molar-refractivity contribution in [2.24, 2.45) is 0 Å². The van der Waals surface area contributed by atoms with Crippen molar-refractivity contribution in [1.29, 1.82) is 0 Å². The van der Waals surface area contributed by atoms with Crippen LogP contribution in [0.5, 0.6) is 11.5 Å². The summed E-state index contributed by atoms with van der Waals surface area (Å²) in [7, 11) is 0. The molecule has 0 saturated carbocycles. The quantitative estimate of drug-likeness (QED) is 0.772. The molecular formula is C18H18ClNO3. The first-order chi connectivity index (χ1) is 11.1. The molecule has 0 fully saturated rings. The lowest BCUT2D eigenvalue weighted by atomic mass is 10.2. The number of benzene rings is 2. The van der Waals surface area contributed by atoms with Crippen LogP contribution in [0.2, 0.25) is 5.02 Å². The molecule has 1 N–H and O–H groups in total. The summed E-state index contributed by atoms with van der Waals surface area (Å²) < 4.78 is 10.8. The number of anilines is 1. The number of aryl methyl sites for hydroxylation is 1. The molecule has 23 heavy (non-hydrogen) atoms. The summed E-state index contributed by atoms with van der Waals surface area (Å²) in [6.07, 6.45) is 1.67. The van der Waals surface area contributed by atoms with Crippen molar-refractivity contribution in [3.63, 3.8) is 0 Å². The number of ether oxygens (including phenoxy) is 2. The van der Waals surface area contributed by atoms with Crippen molar-refractivity contribution in [2.45, 2.75) is 6.92 Å². The molecule has 2 aromatic carbocycles. The normalized spacial score (nSPS) is 10.0. The number of amides is 1. The number of rotatable bonds is 7. The second-order valence-corrected chi connectivity index (χ2v) is 5.28. The zero-order valence-electron chi connectivity index (χ0n) is 12.8. The summed E-state index contributed by atoms with van der Waals surface area (Å²) in [4.78, 5) is 11.9. The van der Waals surface area contributed by atoms with E-state index in [1.807, 2.05) is 6.92 Å². The minimum absolute atomic E-state index is 0.0736. The Morgan fingerprint density at radius 2 is 1.87 bits per heavy atom. The van der Waals surface area contributed by atoms with E-state index in [4.69, 9.17) is 21.1 Å². The van der Waals surface area contributed by atoms with Crippen molar-refractivity contribution < 1.29 is 14.3 Å². The van der Waals surface area contributed by atoms with Crippen LogP contribution in [0.15, 0.2) is 55.1 Å². The smallest absolute Gasteiger partial charge is 0.262 e. The van der Waals surface area contributed by atoms with Gasteiger partial charge in [-0.25, -0.2) is 0 Å². The summed E-state index contributed by atoms with van der Waals surface area (Å²) in [6, 6.07) is 12.4. The maximum atomic E-state index is 11.9. The first-order valence-corrected chi connectivity index (χ1v) is 7.49. The molecule has 0 aromatic heterocycles. The van der Waals surface area contributed by atoms with Gasteiger partial charge in [-0.1, -0.05) is 24.3 Å². The minimum atomic E-state index is -0.239. The third-order valence-electron chi connectivity index (χ3n) is 3.01. The van der Waals surface area contributed by atoms with Gasteiger partial charge in [0, 0.05) is 10.7 Å². The minimum Gasteiger partial charge on any atom is -0.490 e. The van der Waals surface area contributed by atoms with Crippen molar-refractivity contribution >= 4 is 23.2 Å². The number of carbonyl (C=O) groups is 1. The maximum Gasteiger partial charge on any atom is 0.262 e. The van der Waals surface area contributed by atoms with Gasteiger partial charge in [0.15, 0.2) is 6.61 Å². The van der Waals surface area contributed by atoms with Crippen LogP contribution in [0.1, 0.15) is 5.56 Å². The number of nitrogens with one attached hydrogen (secondary N) is 1. The predicted molar refractivity (Wildman–Crippen MR) is 92.4 cm³/mol. The fraction of sp³-hybridized carbons (Fsp3) is 0.167. The lowest BCUT2D eigenvalue weighted by Crippen LogP contribution is -2.20. The van der Waals surface area contributed by atoms with Crippen molar-refractivity contribution in [1.82, 2.24) is 0 Å². The molecule has 5 heteroatoms. The zero-order valence-corrected chi connectivity index (χ0v) is 13.6. The van der Waals surface area contributed by atoms with Crippen LogP contribution in [0.25, 0.3) is 0 Å². The SMILES string of the molecule is C=CCOc1ccc(NC(=O)COc2ccc(Cl)c(C)c2)cc1. The van der Waals surface area contributed by atoms with Gasteiger partial charge in [0.05, 0.1) is 0 Å². The largest absolute Gasteiger partial charge is 0.490 e. The van der Waals surface area contributed by atoms with Crippen LogP contribution in [0.3, 0.4) is 0 Å². The highest BCUT2D eigenvalue weighted by atomic mass is 35.5. The number of hydrogen-bond acceptors (Lipinski definition) is 3. The molecule has 0 bridgehead atoms. The van der Waals surface area contributed by atoms with Crippen molar-refractivity contribution in [3.8, 4) is 11.5 Å². The summed E-state index contributed by atoms with van der Waals surface area (Å²) in [5.74, 6) is 1.09. The van der Waals surface area contributed by atoms with E-state index >= 15 is 0 Å². The molecule has 120 valence electrons. The van der Waals surface area contributed by atoms with E-state index in [2.05, 4.69) is 11.9 Å². The lowest BCUT2D eigenvalue weighted by Gasteiger charge is -2.09. The van der Waals surface area contributed by atoms with E-state index in [-0.39, 0.29) is 12.5 Å². The van der Waals surface area contributed by atoms with Gasteiger partial charge >= 0.3 is 0 Å². The van der Waals surface area contributed by atoms with Gasteiger partial charge in [0.25, 0.3) is 5.91 Å². The van der Waals surface area contributed by atoms with E-state index in [0.717, 1.165) is 11.3 Å². The molecule has 1 amide bonds. The average molecular weight is 332 g/mol. The molecule has 0 aliphatic carbocycles. The summed E-state index contributed by atoms with van der Waals surface area (Å²) in [6.45, 7) is 5.84. The van der Waals surface area contributed by atoms with Crippen LogP contribution in [0.4, 0.5) is 5.69 Å². The molecule has 0 saturated heterocycles. The van der Waals surface area contributed by atoms with Crippen LogP contribution in [-0.4, -0.2) is 19.1 Å². The Labute approximate surface area is 140 Å². The summed E-state index contributed by atoms with van der Waals surface area (Å²) in [5.41, 5.74) is 1.58. The van der Waals surface area contributed by atoms with E-state index in [1.54, 1.807) is 48.5 Å². The first-order valence-electron chi connectivity index (χ1n) is 7.11. The van der Waals surface area contributed by atoms with Gasteiger partial charge in [-0.15, -0.1) is 0 Å². The van der Waals surface area contributed by atoms with E-state index < -0.39 is 0 Å². The van der Waals surface area contributed by atoms with Crippen LogP contribution < -0.4 is 14.8 Å².